The highest BCUT2D eigenvalue weighted by molar-refractivity contribution is 5.84. The number of imidazole rings is 1. The van der Waals surface area contributed by atoms with E-state index in [1.54, 1.807) is 6.20 Å². The van der Waals surface area contributed by atoms with Crippen LogP contribution >= 0.6 is 0 Å². The van der Waals surface area contributed by atoms with Crippen molar-refractivity contribution in [3.63, 3.8) is 0 Å². The van der Waals surface area contributed by atoms with Crippen molar-refractivity contribution in [1.29, 1.82) is 0 Å². The maximum Gasteiger partial charge on any atom is 0.180 e. The topological polar surface area (TPSA) is 94.4 Å². The predicted molar refractivity (Wildman–Crippen MR) is 130 cm³/mol. The Balaban J connectivity index is 1.30. The summed E-state index contributed by atoms with van der Waals surface area (Å²) in [5.41, 5.74) is 3.97. The molecule has 3 N–H and O–H groups in total. The fourth-order valence-corrected chi connectivity index (χ4v) is 4.45. The van der Waals surface area contributed by atoms with Crippen molar-refractivity contribution in [2.24, 2.45) is 0 Å². The highest BCUT2D eigenvalue weighted by Crippen LogP contribution is 2.30. The Labute approximate surface area is 195 Å². The predicted octanol–water partition coefficient (Wildman–Crippen LogP) is 4.51. The molecule has 1 aliphatic heterocycles. The van der Waals surface area contributed by atoms with E-state index in [-0.39, 0.29) is 5.82 Å². The number of nitrogens with zero attached hydrogens (tertiary/aromatic N) is 5. The van der Waals surface area contributed by atoms with E-state index in [2.05, 4.69) is 37.5 Å². The average Bonchev–Trinajstić information content (AvgIpc) is 3.49. The Kier molecular flexibility index (Phi) is 4.73. The van der Waals surface area contributed by atoms with Crippen molar-refractivity contribution in [2.75, 3.05) is 23.3 Å². The molecule has 6 rings (SSSR count). The van der Waals surface area contributed by atoms with Crippen molar-refractivity contribution in [3.8, 4) is 11.3 Å². The lowest BCUT2D eigenvalue weighted by Gasteiger charge is -2.37. The first-order valence-corrected chi connectivity index (χ1v) is 11.3. The molecule has 4 heterocycles. The van der Waals surface area contributed by atoms with Crippen molar-refractivity contribution in [2.45, 2.75) is 25.4 Å². The summed E-state index contributed by atoms with van der Waals surface area (Å²) in [6.07, 6.45) is 8.37. The van der Waals surface area contributed by atoms with E-state index in [0.29, 0.717) is 33.6 Å². The summed E-state index contributed by atoms with van der Waals surface area (Å²) in [7, 11) is 0. The van der Waals surface area contributed by atoms with Gasteiger partial charge in [-0.15, -0.1) is 0 Å². The van der Waals surface area contributed by atoms with Crippen LogP contribution in [0.4, 0.5) is 21.6 Å². The second kappa shape index (κ2) is 7.81. The zero-order valence-corrected chi connectivity index (χ0v) is 18.7. The van der Waals surface area contributed by atoms with Gasteiger partial charge in [0, 0.05) is 48.6 Å². The Morgan fingerprint density at radius 3 is 2.74 bits per heavy atom. The second-order valence-electron chi connectivity index (χ2n) is 9.08. The SMILES string of the molecule is CC1(O)CCN(c2ccc(Nc3nc(-c4cc(F)c5cn[nH]c5c4)cn4ccnc34)cc2)CC1. The zero-order chi connectivity index (χ0) is 23.3. The molecule has 0 aliphatic carbocycles. The van der Waals surface area contributed by atoms with Gasteiger partial charge in [0.05, 0.1) is 28.4 Å². The number of hydrogen-bond donors (Lipinski definition) is 3. The van der Waals surface area contributed by atoms with Crippen LogP contribution in [0.15, 0.2) is 61.2 Å². The Morgan fingerprint density at radius 1 is 1.15 bits per heavy atom. The normalized spacial score (nSPS) is 15.8. The van der Waals surface area contributed by atoms with E-state index in [1.807, 2.05) is 41.9 Å². The number of aliphatic hydroxyl groups is 1. The molecule has 9 heteroatoms. The van der Waals surface area contributed by atoms with Crippen molar-refractivity contribution in [1.82, 2.24) is 24.6 Å². The highest BCUT2D eigenvalue weighted by Gasteiger charge is 2.27. The van der Waals surface area contributed by atoms with Crippen molar-refractivity contribution in [3.05, 3.63) is 67.0 Å². The molecule has 1 aliphatic rings. The molecule has 3 aromatic heterocycles. The third-order valence-electron chi connectivity index (χ3n) is 6.51. The fourth-order valence-electron chi connectivity index (χ4n) is 4.45. The summed E-state index contributed by atoms with van der Waals surface area (Å²) in [5.74, 6) is 0.229. The van der Waals surface area contributed by atoms with Gasteiger partial charge in [-0.25, -0.2) is 14.4 Å². The molecule has 172 valence electrons. The molecule has 0 unspecified atom stereocenters. The Morgan fingerprint density at radius 2 is 1.94 bits per heavy atom. The van der Waals surface area contributed by atoms with E-state index in [4.69, 9.17) is 4.98 Å². The van der Waals surface area contributed by atoms with E-state index >= 15 is 0 Å². The molecule has 34 heavy (non-hydrogen) atoms. The minimum absolute atomic E-state index is 0.349. The van der Waals surface area contributed by atoms with Crippen LogP contribution in [0.1, 0.15) is 19.8 Å². The van der Waals surface area contributed by atoms with Gasteiger partial charge in [0.25, 0.3) is 0 Å². The number of nitrogens with one attached hydrogen (secondary N) is 2. The molecule has 1 fully saturated rings. The molecule has 0 atom stereocenters. The lowest BCUT2D eigenvalue weighted by Crippen LogP contribution is -2.42. The van der Waals surface area contributed by atoms with Gasteiger partial charge in [-0.05, 0) is 56.2 Å². The van der Waals surface area contributed by atoms with Crippen LogP contribution in [0, 0.1) is 5.82 Å². The quantitative estimate of drug-likeness (QED) is 0.368. The summed E-state index contributed by atoms with van der Waals surface area (Å²) in [6.45, 7) is 3.56. The number of aromatic amines is 1. The van der Waals surface area contributed by atoms with Gasteiger partial charge < -0.3 is 19.7 Å². The molecule has 0 spiro atoms. The van der Waals surface area contributed by atoms with Gasteiger partial charge in [0.15, 0.2) is 11.5 Å². The Bertz CT molecular complexity index is 1480. The number of benzene rings is 2. The number of halogens is 1. The van der Waals surface area contributed by atoms with Crippen molar-refractivity contribution < 1.29 is 9.50 Å². The number of H-pyrrole nitrogens is 1. The zero-order valence-electron chi connectivity index (χ0n) is 18.7. The molecule has 8 nitrogen and oxygen atoms in total. The molecule has 5 aromatic rings. The summed E-state index contributed by atoms with van der Waals surface area (Å²) >= 11 is 0. The number of aromatic nitrogens is 5. The molecule has 1 saturated heterocycles. The summed E-state index contributed by atoms with van der Waals surface area (Å²) < 4.78 is 16.4. The maximum absolute atomic E-state index is 14.6. The maximum atomic E-state index is 14.6. The molecular formula is C25H24FN7O. The first-order valence-electron chi connectivity index (χ1n) is 11.3. The summed E-state index contributed by atoms with van der Waals surface area (Å²) in [6, 6.07) is 11.5. The van der Waals surface area contributed by atoms with Gasteiger partial charge in [0.2, 0.25) is 0 Å². The average molecular weight is 458 g/mol. The second-order valence-corrected chi connectivity index (χ2v) is 9.08. The summed E-state index contributed by atoms with van der Waals surface area (Å²) in [5, 5.41) is 20.8. The van der Waals surface area contributed by atoms with Gasteiger partial charge in [0.1, 0.15) is 5.82 Å². The molecule has 0 amide bonds. The molecule has 0 saturated carbocycles. The smallest absolute Gasteiger partial charge is 0.180 e. The van der Waals surface area contributed by atoms with Gasteiger partial charge in [-0.1, -0.05) is 0 Å². The monoisotopic (exact) mass is 457 g/mol. The van der Waals surface area contributed by atoms with Crippen LogP contribution in [0.2, 0.25) is 0 Å². The van der Waals surface area contributed by atoms with Gasteiger partial charge >= 0.3 is 0 Å². The lowest BCUT2D eigenvalue weighted by atomic mass is 9.93. The van der Waals surface area contributed by atoms with Crippen LogP contribution in [0.3, 0.4) is 0 Å². The van der Waals surface area contributed by atoms with Crippen molar-refractivity contribution >= 4 is 33.7 Å². The lowest BCUT2D eigenvalue weighted by molar-refractivity contribution is 0.0351. The van der Waals surface area contributed by atoms with E-state index in [9.17, 15) is 9.50 Å². The molecule has 0 bridgehead atoms. The minimum Gasteiger partial charge on any atom is -0.390 e. The van der Waals surface area contributed by atoms with Crippen LogP contribution in [0.5, 0.6) is 0 Å². The molecule has 2 aromatic carbocycles. The number of anilines is 3. The molecular weight excluding hydrogens is 433 g/mol. The van der Waals surface area contributed by atoms with E-state index in [1.165, 1.54) is 12.3 Å². The standard InChI is InChI=1S/C25H24FN7O/c1-25(34)6-9-32(10-7-25)18-4-2-17(3-5-18)29-23-24-27-8-11-33(24)15-22(30-23)16-12-20(26)19-14-28-31-21(19)13-16/h2-5,8,11-15,34H,6-7,9-10H2,1H3,(H,28,31)(H,29,30). The van der Waals surface area contributed by atoms with Crippen LogP contribution in [0.25, 0.3) is 27.8 Å². The third-order valence-corrected chi connectivity index (χ3v) is 6.51. The number of hydrogen-bond acceptors (Lipinski definition) is 6. The third kappa shape index (κ3) is 3.73. The first-order chi connectivity index (χ1) is 16.4. The van der Waals surface area contributed by atoms with E-state index in [0.717, 1.165) is 37.3 Å². The Hall–Kier alpha value is -3.98. The fraction of sp³-hybridized carbons (Fsp3) is 0.240. The van der Waals surface area contributed by atoms with Crippen LogP contribution in [-0.4, -0.2) is 48.4 Å². The van der Waals surface area contributed by atoms with E-state index < -0.39 is 5.60 Å². The minimum atomic E-state index is -0.574. The summed E-state index contributed by atoms with van der Waals surface area (Å²) in [4.78, 5) is 11.5. The van der Waals surface area contributed by atoms with Gasteiger partial charge in [-0.2, -0.15) is 5.10 Å². The molecule has 0 radical (unpaired) electrons. The van der Waals surface area contributed by atoms with Crippen LogP contribution in [-0.2, 0) is 0 Å². The largest absolute Gasteiger partial charge is 0.390 e. The van der Waals surface area contributed by atoms with Crippen LogP contribution < -0.4 is 10.2 Å². The number of piperidine rings is 1. The van der Waals surface area contributed by atoms with Gasteiger partial charge in [-0.3, -0.25) is 5.10 Å². The number of fused-ring (bicyclic) bond motifs is 2. The number of rotatable bonds is 4. The first kappa shape index (κ1) is 20.6. The highest BCUT2D eigenvalue weighted by atomic mass is 19.1.